The number of nitrogens with zero attached hydrogens (tertiary/aromatic N) is 1. The number of para-hydroxylation sites is 1. The molecule has 0 radical (unpaired) electrons. The van der Waals surface area contributed by atoms with E-state index in [-0.39, 0.29) is 17.7 Å². The molecule has 1 aliphatic heterocycles. The van der Waals surface area contributed by atoms with Crippen molar-refractivity contribution in [2.24, 2.45) is 5.92 Å². The molecule has 30 heavy (non-hydrogen) atoms. The van der Waals surface area contributed by atoms with Crippen LogP contribution in [0.1, 0.15) is 25.3 Å². The fraction of sp³-hybridized carbons (Fsp3) is 0.348. The molecule has 1 fully saturated rings. The van der Waals surface area contributed by atoms with Crippen molar-refractivity contribution in [2.75, 3.05) is 18.4 Å². The van der Waals surface area contributed by atoms with Crippen LogP contribution in [0.2, 0.25) is 0 Å². The van der Waals surface area contributed by atoms with Gasteiger partial charge in [0, 0.05) is 18.2 Å². The number of likely N-dealkylation sites (tertiary alicyclic amines) is 1. The number of hydrogen-bond acceptors (Lipinski definition) is 4. The average Bonchev–Trinajstić information content (AvgIpc) is 2.78. The van der Waals surface area contributed by atoms with Gasteiger partial charge in [-0.15, -0.1) is 0 Å². The standard InChI is InChI=1S/C23H28N4O3/c1-17(21(28)26-23(30)24-16-18-8-4-2-5-9-18)27-14-12-19(13-15-27)22(29)25-20-10-6-3-7-11-20/h2-11,17,19H,12-16H2,1H3,(H,25,29)(H2,24,26,28,30). The zero-order valence-electron chi connectivity index (χ0n) is 17.1. The number of carbonyl (C=O) groups excluding carboxylic acids is 3. The minimum atomic E-state index is -0.507. The molecule has 2 aromatic carbocycles. The topological polar surface area (TPSA) is 90.5 Å². The average molecular weight is 409 g/mol. The summed E-state index contributed by atoms with van der Waals surface area (Å²) in [4.78, 5) is 38.9. The van der Waals surface area contributed by atoms with Gasteiger partial charge in [-0.2, -0.15) is 0 Å². The highest BCUT2D eigenvalue weighted by Crippen LogP contribution is 2.21. The molecule has 4 amide bonds. The molecule has 158 valence electrons. The van der Waals surface area contributed by atoms with Crippen LogP contribution in [-0.4, -0.2) is 41.9 Å². The maximum atomic E-state index is 12.5. The number of piperidine rings is 1. The second-order valence-electron chi connectivity index (χ2n) is 7.50. The Morgan fingerprint density at radius 2 is 1.57 bits per heavy atom. The van der Waals surface area contributed by atoms with E-state index in [1.54, 1.807) is 6.92 Å². The van der Waals surface area contributed by atoms with E-state index in [0.29, 0.717) is 32.5 Å². The molecular weight excluding hydrogens is 380 g/mol. The molecule has 0 aromatic heterocycles. The SMILES string of the molecule is CC(C(=O)NC(=O)NCc1ccccc1)N1CCC(C(=O)Nc2ccccc2)CC1. The zero-order valence-corrected chi connectivity index (χ0v) is 17.1. The van der Waals surface area contributed by atoms with Gasteiger partial charge in [0.1, 0.15) is 0 Å². The summed E-state index contributed by atoms with van der Waals surface area (Å²) in [5.74, 6) is -0.406. The van der Waals surface area contributed by atoms with E-state index in [1.165, 1.54) is 0 Å². The van der Waals surface area contributed by atoms with E-state index in [9.17, 15) is 14.4 Å². The Labute approximate surface area is 176 Å². The van der Waals surface area contributed by atoms with E-state index in [4.69, 9.17) is 0 Å². The smallest absolute Gasteiger partial charge is 0.321 e. The Kier molecular flexibility index (Phi) is 7.57. The van der Waals surface area contributed by atoms with Gasteiger partial charge in [0.2, 0.25) is 11.8 Å². The first-order chi connectivity index (χ1) is 14.5. The van der Waals surface area contributed by atoms with Crippen LogP contribution in [0.15, 0.2) is 60.7 Å². The Balaban J connectivity index is 1.40. The third-order valence-electron chi connectivity index (χ3n) is 5.40. The van der Waals surface area contributed by atoms with E-state index >= 15 is 0 Å². The highest BCUT2D eigenvalue weighted by Gasteiger charge is 2.30. The lowest BCUT2D eigenvalue weighted by Crippen LogP contribution is -2.52. The summed E-state index contributed by atoms with van der Waals surface area (Å²) in [6.45, 7) is 3.40. The summed E-state index contributed by atoms with van der Waals surface area (Å²) in [5, 5.41) is 8.04. The Bertz CT molecular complexity index is 849. The van der Waals surface area contributed by atoms with Gasteiger partial charge in [-0.05, 0) is 50.6 Å². The van der Waals surface area contributed by atoms with Gasteiger partial charge in [0.15, 0.2) is 0 Å². The number of rotatable bonds is 6. The van der Waals surface area contributed by atoms with E-state index < -0.39 is 12.1 Å². The lowest BCUT2D eigenvalue weighted by molar-refractivity contribution is -0.126. The molecule has 1 saturated heterocycles. The molecule has 7 heteroatoms. The molecular formula is C23H28N4O3. The van der Waals surface area contributed by atoms with Crippen molar-refractivity contribution in [1.29, 1.82) is 0 Å². The van der Waals surface area contributed by atoms with E-state index in [0.717, 1.165) is 11.3 Å². The van der Waals surface area contributed by atoms with Crippen molar-refractivity contribution < 1.29 is 14.4 Å². The van der Waals surface area contributed by atoms with Gasteiger partial charge in [-0.25, -0.2) is 4.79 Å². The van der Waals surface area contributed by atoms with Gasteiger partial charge in [0.05, 0.1) is 6.04 Å². The van der Waals surface area contributed by atoms with Crippen LogP contribution in [0.4, 0.5) is 10.5 Å². The summed E-state index contributed by atoms with van der Waals surface area (Å²) in [7, 11) is 0. The molecule has 0 saturated carbocycles. The van der Waals surface area contributed by atoms with Gasteiger partial charge in [-0.1, -0.05) is 48.5 Å². The zero-order chi connectivity index (χ0) is 21.3. The van der Waals surface area contributed by atoms with Crippen molar-refractivity contribution in [3.63, 3.8) is 0 Å². The van der Waals surface area contributed by atoms with Crippen LogP contribution in [-0.2, 0) is 16.1 Å². The minimum Gasteiger partial charge on any atom is -0.334 e. The largest absolute Gasteiger partial charge is 0.334 e. The van der Waals surface area contributed by atoms with Crippen molar-refractivity contribution in [1.82, 2.24) is 15.5 Å². The predicted molar refractivity (Wildman–Crippen MR) is 116 cm³/mol. The summed E-state index contributed by atoms with van der Waals surface area (Å²) >= 11 is 0. The van der Waals surface area contributed by atoms with Crippen molar-refractivity contribution in [3.05, 3.63) is 66.2 Å². The molecule has 3 N–H and O–H groups in total. The van der Waals surface area contributed by atoms with Crippen molar-refractivity contribution in [2.45, 2.75) is 32.4 Å². The molecule has 0 bridgehead atoms. The van der Waals surface area contributed by atoms with Crippen molar-refractivity contribution >= 4 is 23.5 Å². The molecule has 0 aliphatic carbocycles. The second kappa shape index (κ2) is 10.5. The van der Waals surface area contributed by atoms with Crippen LogP contribution in [0.25, 0.3) is 0 Å². The minimum absolute atomic E-state index is 0.0123. The number of imide groups is 1. The van der Waals surface area contributed by atoms with Gasteiger partial charge < -0.3 is 10.6 Å². The third-order valence-corrected chi connectivity index (χ3v) is 5.40. The predicted octanol–water partition coefficient (Wildman–Crippen LogP) is 2.75. The Morgan fingerprint density at radius 3 is 2.20 bits per heavy atom. The summed E-state index contributed by atoms with van der Waals surface area (Å²) in [5.41, 5.74) is 1.75. The van der Waals surface area contributed by atoms with Crippen molar-refractivity contribution in [3.8, 4) is 0 Å². The highest BCUT2D eigenvalue weighted by atomic mass is 16.2. The number of benzene rings is 2. The summed E-state index contributed by atoms with van der Waals surface area (Å²) in [6.07, 6.45) is 1.35. The fourth-order valence-corrected chi connectivity index (χ4v) is 3.52. The first kappa shape index (κ1) is 21.5. The van der Waals surface area contributed by atoms with Crippen LogP contribution in [0.5, 0.6) is 0 Å². The quantitative estimate of drug-likeness (QED) is 0.686. The lowest BCUT2D eigenvalue weighted by Gasteiger charge is -2.34. The molecule has 1 aliphatic rings. The maximum absolute atomic E-state index is 12.5. The second-order valence-corrected chi connectivity index (χ2v) is 7.50. The molecule has 2 aromatic rings. The van der Waals surface area contributed by atoms with Gasteiger partial charge in [0.25, 0.3) is 0 Å². The molecule has 7 nitrogen and oxygen atoms in total. The first-order valence-electron chi connectivity index (χ1n) is 10.3. The number of amides is 4. The summed E-state index contributed by atoms with van der Waals surface area (Å²) in [6, 6.07) is 18.0. The Morgan fingerprint density at radius 1 is 0.967 bits per heavy atom. The number of hydrogen-bond donors (Lipinski definition) is 3. The number of carbonyl (C=O) groups is 3. The molecule has 1 heterocycles. The molecule has 0 spiro atoms. The highest BCUT2D eigenvalue weighted by molar-refractivity contribution is 5.97. The van der Waals surface area contributed by atoms with Crippen LogP contribution >= 0.6 is 0 Å². The third kappa shape index (κ3) is 6.15. The lowest BCUT2D eigenvalue weighted by atomic mass is 9.94. The van der Waals surface area contributed by atoms with Gasteiger partial charge in [-0.3, -0.25) is 19.8 Å². The molecule has 3 rings (SSSR count). The monoisotopic (exact) mass is 408 g/mol. The molecule has 1 unspecified atom stereocenters. The van der Waals surface area contributed by atoms with Crippen LogP contribution in [0.3, 0.4) is 0 Å². The van der Waals surface area contributed by atoms with E-state index in [2.05, 4.69) is 16.0 Å². The first-order valence-corrected chi connectivity index (χ1v) is 10.3. The normalized spacial score (nSPS) is 15.8. The number of anilines is 1. The number of nitrogens with one attached hydrogen (secondary N) is 3. The maximum Gasteiger partial charge on any atom is 0.321 e. The molecule has 1 atom stereocenters. The van der Waals surface area contributed by atoms with Crippen LogP contribution in [0, 0.1) is 5.92 Å². The Hall–Kier alpha value is -3.19. The van der Waals surface area contributed by atoms with E-state index in [1.807, 2.05) is 65.6 Å². The fourth-order valence-electron chi connectivity index (χ4n) is 3.52. The number of urea groups is 1. The van der Waals surface area contributed by atoms with Gasteiger partial charge >= 0.3 is 6.03 Å². The van der Waals surface area contributed by atoms with Crippen LogP contribution < -0.4 is 16.0 Å². The summed E-state index contributed by atoms with van der Waals surface area (Å²) < 4.78 is 0.